The number of benzene rings is 1. The van der Waals surface area contributed by atoms with E-state index in [2.05, 4.69) is 47.5 Å². The third-order valence-electron chi connectivity index (χ3n) is 3.67. The molecular formula is C15H24N2. The summed E-state index contributed by atoms with van der Waals surface area (Å²) in [5.41, 5.74) is 1.43. The summed E-state index contributed by atoms with van der Waals surface area (Å²) in [5, 5.41) is 3.56. The van der Waals surface area contributed by atoms with E-state index in [0.29, 0.717) is 6.04 Å². The maximum absolute atomic E-state index is 3.56. The minimum atomic E-state index is 0.711. The first-order chi connectivity index (χ1) is 8.40. The Labute approximate surface area is 105 Å². The van der Waals surface area contributed by atoms with Crippen molar-refractivity contribution in [3.8, 4) is 0 Å². The van der Waals surface area contributed by atoms with E-state index < -0.39 is 0 Å². The number of nitrogens with zero attached hydrogens (tertiary/aromatic N) is 1. The Hall–Kier alpha value is -0.860. The fourth-order valence-electron chi connectivity index (χ4n) is 2.63. The molecule has 1 aliphatic heterocycles. The van der Waals surface area contributed by atoms with Crippen molar-refractivity contribution < 1.29 is 0 Å². The van der Waals surface area contributed by atoms with Gasteiger partial charge in [0, 0.05) is 19.1 Å². The molecule has 0 amide bonds. The third kappa shape index (κ3) is 3.83. The van der Waals surface area contributed by atoms with Crippen molar-refractivity contribution in [2.45, 2.75) is 38.8 Å². The van der Waals surface area contributed by atoms with Crippen LogP contribution in [0.5, 0.6) is 0 Å². The normalized spacial score (nSPS) is 21.4. The van der Waals surface area contributed by atoms with Crippen molar-refractivity contribution in [3.63, 3.8) is 0 Å². The van der Waals surface area contributed by atoms with Gasteiger partial charge < -0.3 is 5.32 Å². The van der Waals surface area contributed by atoms with Crippen LogP contribution in [-0.4, -0.2) is 30.6 Å². The monoisotopic (exact) mass is 232 g/mol. The van der Waals surface area contributed by atoms with Crippen molar-refractivity contribution in [2.75, 3.05) is 19.6 Å². The molecule has 2 heteroatoms. The molecule has 1 atom stereocenters. The highest BCUT2D eigenvalue weighted by Gasteiger charge is 2.18. The predicted molar refractivity (Wildman–Crippen MR) is 73.0 cm³/mol. The molecule has 0 spiro atoms. The summed E-state index contributed by atoms with van der Waals surface area (Å²) in [4.78, 5) is 2.60. The van der Waals surface area contributed by atoms with Crippen LogP contribution in [0.15, 0.2) is 30.3 Å². The number of hydrogen-bond donors (Lipinski definition) is 1. The van der Waals surface area contributed by atoms with Gasteiger partial charge in [-0.25, -0.2) is 0 Å². The van der Waals surface area contributed by atoms with E-state index in [1.54, 1.807) is 0 Å². The van der Waals surface area contributed by atoms with E-state index in [9.17, 15) is 0 Å². The molecule has 1 heterocycles. The van der Waals surface area contributed by atoms with Crippen molar-refractivity contribution in [1.82, 2.24) is 10.2 Å². The maximum atomic E-state index is 3.56. The summed E-state index contributed by atoms with van der Waals surface area (Å²) in [6, 6.07) is 11.5. The van der Waals surface area contributed by atoms with E-state index in [4.69, 9.17) is 0 Å². The van der Waals surface area contributed by atoms with E-state index in [1.165, 1.54) is 31.4 Å². The van der Waals surface area contributed by atoms with E-state index in [0.717, 1.165) is 19.6 Å². The van der Waals surface area contributed by atoms with Crippen molar-refractivity contribution in [2.24, 2.45) is 0 Å². The fraction of sp³-hybridized carbons (Fsp3) is 0.600. The molecule has 0 saturated carbocycles. The highest BCUT2D eigenvalue weighted by atomic mass is 15.2. The zero-order valence-electron chi connectivity index (χ0n) is 10.9. The van der Waals surface area contributed by atoms with Gasteiger partial charge in [-0.15, -0.1) is 0 Å². The molecule has 0 aromatic heterocycles. The highest BCUT2D eigenvalue weighted by Crippen LogP contribution is 2.14. The van der Waals surface area contributed by atoms with Gasteiger partial charge in [-0.05, 0) is 31.5 Å². The number of likely N-dealkylation sites (N-methyl/N-ethyl adjacent to an activating group) is 1. The summed E-state index contributed by atoms with van der Waals surface area (Å²) in [6.07, 6.45) is 4.04. The molecule has 94 valence electrons. The Morgan fingerprint density at radius 2 is 2.06 bits per heavy atom. The molecule has 1 fully saturated rings. The first-order valence-electron chi connectivity index (χ1n) is 6.89. The van der Waals surface area contributed by atoms with Crippen LogP contribution in [0.4, 0.5) is 0 Å². The second-order valence-electron chi connectivity index (χ2n) is 4.90. The maximum Gasteiger partial charge on any atom is 0.0237 e. The Balaban J connectivity index is 1.95. The second-order valence-corrected chi connectivity index (χ2v) is 4.90. The fourth-order valence-corrected chi connectivity index (χ4v) is 2.63. The zero-order chi connectivity index (χ0) is 11.9. The molecule has 0 radical (unpaired) electrons. The number of nitrogens with one attached hydrogen (secondary N) is 1. The topological polar surface area (TPSA) is 15.3 Å². The Kier molecular flexibility index (Phi) is 5.02. The van der Waals surface area contributed by atoms with Crippen LogP contribution >= 0.6 is 0 Å². The lowest BCUT2D eigenvalue weighted by Crippen LogP contribution is -2.40. The molecule has 2 rings (SSSR count). The van der Waals surface area contributed by atoms with Crippen molar-refractivity contribution >= 4 is 0 Å². The van der Waals surface area contributed by atoms with Gasteiger partial charge in [-0.1, -0.05) is 43.7 Å². The smallest absolute Gasteiger partial charge is 0.0237 e. The zero-order valence-corrected chi connectivity index (χ0v) is 10.9. The summed E-state index contributed by atoms with van der Waals surface area (Å²) in [5.74, 6) is 0. The van der Waals surface area contributed by atoms with Crippen LogP contribution in [0.3, 0.4) is 0 Å². The molecule has 0 aliphatic carbocycles. The Morgan fingerprint density at radius 1 is 1.24 bits per heavy atom. The Morgan fingerprint density at radius 3 is 2.82 bits per heavy atom. The first kappa shape index (κ1) is 12.6. The lowest BCUT2D eigenvalue weighted by Gasteiger charge is -2.30. The van der Waals surface area contributed by atoms with Gasteiger partial charge in [-0.2, -0.15) is 0 Å². The quantitative estimate of drug-likeness (QED) is 0.858. The lowest BCUT2D eigenvalue weighted by molar-refractivity contribution is 0.188. The summed E-state index contributed by atoms with van der Waals surface area (Å²) >= 11 is 0. The SMILES string of the molecule is CCN(Cc1ccccc1)C1CCCCNC1. The standard InChI is InChI=1S/C15H24N2/c1-2-17(13-14-8-4-3-5-9-14)15-10-6-7-11-16-12-15/h3-5,8-9,15-16H,2,6-7,10-13H2,1H3. The number of rotatable bonds is 4. The molecule has 1 N–H and O–H groups in total. The lowest BCUT2D eigenvalue weighted by atomic mass is 10.1. The third-order valence-corrected chi connectivity index (χ3v) is 3.67. The molecule has 17 heavy (non-hydrogen) atoms. The van der Waals surface area contributed by atoms with Gasteiger partial charge in [0.15, 0.2) is 0 Å². The van der Waals surface area contributed by atoms with Gasteiger partial charge in [0.1, 0.15) is 0 Å². The number of hydrogen-bond acceptors (Lipinski definition) is 2. The van der Waals surface area contributed by atoms with Crippen LogP contribution in [-0.2, 0) is 6.54 Å². The van der Waals surface area contributed by atoms with E-state index in [-0.39, 0.29) is 0 Å². The summed E-state index contributed by atoms with van der Waals surface area (Å²) in [6.45, 7) is 6.85. The first-order valence-corrected chi connectivity index (χ1v) is 6.89. The van der Waals surface area contributed by atoms with Crippen LogP contribution < -0.4 is 5.32 Å². The van der Waals surface area contributed by atoms with Crippen molar-refractivity contribution in [3.05, 3.63) is 35.9 Å². The largest absolute Gasteiger partial charge is 0.315 e. The van der Waals surface area contributed by atoms with Gasteiger partial charge >= 0.3 is 0 Å². The second kappa shape index (κ2) is 6.77. The van der Waals surface area contributed by atoms with Gasteiger partial charge in [0.25, 0.3) is 0 Å². The molecule has 0 bridgehead atoms. The van der Waals surface area contributed by atoms with Gasteiger partial charge in [0.2, 0.25) is 0 Å². The minimum absolute atomic E-state index is 0.711. The summed E-state index contributed by atoms with van der Waals surface area (Å²) < 4.78 is 0. The van der Waals surface area contributed by atoms with Gasteiger partial charge in [0.05, 0.1) is 0 Å². The van der Waals surface area contributed by atoms with Crippen LogP contribution in [0.1, 0.15) is 31.7 Å². The molecule has 1 saturated heterocycles. The summed E-state index contributed by atoms with van der Waals surface area (Å²) in [7, 11) is 0. The van der Waals surface area contributed by atoms with Gasteiger partial charge in [-0.3, -0.25) is 4.90 Å². The molecule has 1 aromatic rings. The Bertz CT molecular complexity index is 302. The van der Waals surface area contributed by atoms with Crippen LogP contribution in [0, 0.1) is 0 Å². The van der Waals surface area contributed by atoms with Crippen molar-refractivity contribution in [1.29, 1.82) is 0 Å². The average molecular weight is 232 g/mol. The van der Waals surface area contributed by atoms with E-state index in [1.807, 2.05) is 0 Å². The van der Waals surface area contributed by atoms with Crippen LogP contribution in [0.2, 0.25) is 0 Å². The van der Waals surface area contributed by atoms with E-state index >= 15 is 0 Å². The minimum Gasteiger partial charge on any atom is -0.315 e. The predicted octanol–water partition coefficient (Wildman–Crippen LogP) is 2.65. The molecule has 1 aliphatic rings. The molecular weight excluding hydrogens is 208 g/mol. The molecule has 1 aromatic carbocycles. The van der Waals surface area contributed by atoms with Crippen LogP contribution in [0.25, 0.3) is 0 Å². The molecule has 2 nitrogen and oxygen atoms in total. The molecule has 1 unspecified atom stereocenters. The highest BCUT2D eigenvalue weighted by molar-refractivity contribution is 5.14. The average Bonchev–Trinajstić information content (AvgIpc) is 2.66.